The second-order valence-corrected chi connectivity index (χ2v) is 8.95. The van der Waals surface area contributed by atoms with E-state index in [2.05, 4.69) is 24.5 Å². The summed E-state index contributed by atoms with van der Waals surface area (Å²) in [6.07, 6.45) is 2.30. The Morgan fingerprint density at radius 3 is 2.47 bits per heavy atom. The summed E-state index contributed by atoms with van der Waals surface area (Å²) in [5, 5.41) is 9.16. The minimum atomic E-state index is -0.596. The van der Waals surface area contributed by atoms with Crippen LogP contribution in [0.15, 0.2) is 24.3 Å². The van der Waals surface area contributed by atoms with E-state index >= 15 is 0 Å². The predicted molar refractivity (Wildman–Crippen MR) is 127 cm³/mol. The van der Waals surface area contributed by atoms with Crippen molar-refractivity contribution in [2.45, 2.75) is 64.3 Å². The van der Waals surface area contributed by atoms with Gasteiger partial charge in [-0.2, -0.15) is 0 Å². The monoisotopic (exact) mass is 476 g/mol. The van der Waals surface area contributed by atoms with Crippen LogP contribution in [0.4, 0.5) is 9.18 Å². The average Bonchev–Trinajstić information content (AvgIpc) is 2.81. The lowest BCUT2D eigenvalue weighted by molar-refractivity contribution is -0.189. The van der Waals surface area contributed by atoms with Gasteiger partial charge < -0.3 is 20.4 Å². The fraction of sp³-hybridized carbons (Fsp3) is 0.625. The molecule has 10 heteroatoms. The number of piperazine rings is 1. The Bertz CT molecular complexity index is 863. The van der Waals surface area contributed by atoms with Crippen LogP contribution in [-0.4, -0.2) is 89.6 Å². The molecular formula is C24H37FN6O3. The SMILES string of the molecule is CCC(CC)N1CC2N(C(=O)CN(C)N2C(=O)NCc2ccc(F)cc2)[C@@H](CCCNC)C1=O. The van der Waals surface area contributed by atoms with Crippen molar-refractivity contribution in [3.05, 3.63) is 35.6 Å². The number of nitrogens with one attached hydrogen (secondary N) is 2. The van der Waals surface area contributed by atoms with E-state index in [0.717, 1.165) is 31.4 Å². The largest absolute Gasteiger partial charge is 0.334 e. The van der Waals surface area contributed by atoms with Gasteiger partial charge in [-0.25, -0.2) is 19.2 Å². The van der Waals surface area contributed by atoms with Gasteiger partial charge in [-0.1, -0.05) is 26.0 Å². The van der Waals surface area contributed by atoms with Crippen molar-refractivity contribution in [1.82, 2.24) is 30.5 Å². The highest BCUT2D eigenvalue weighted by atomic mass is 19.1. The van der Waals surface area contributed by atoms with E-state index < -0.39 is 12.2 Å². The molecule has 2 saturated heterocycles. The summed E-state index contributed by atoms with van der Waals surface area (Å²) in [6, 6.07) is 5.04. The van der Waals surface area contributed by atoms with E-state index in [-0.39, 0.29) is 49.3 Å². The summed E-state index contributed by atoms with van der Waals surface area (Å²) in [7, 11) is 3.57. The van der Waals surface area contributed by atoms with Gasteiger partial charge in [-0.3, -0.25) is 9.59 Å². The summed E-state index contributed by atoms with van der Waals surface area (Å²) in [4.78, 5) is 43.5. The molecule has 0 saturated carbocycles. The van der Waals surface area contributed by atoms with E-state index in [1.165, 1.54) is 12.1 Å². The first kappa shape index (κ1) is 25.9. The zero-order valence-electron chi connectivity index (χ0n) is 20.6. The van der Waals surface area contributed by atoms with Crippen LogP contribution in [0.5, 0.6) is 0 Å². The molecule has 0 radical (unpaired) electrons. The van der Waals surface area contributed by atoms with Crippen LogP contribution in [0.1, 0.15) is 45.1 Å². The first-order valence-corrected chi connectivity index (χ1v) is 12.1. The topological polar surface area (TPSA) is 88.2 Å². The second kappa shape index (κ2) is 11.6. The van der Waals surface area contributed by atoms with Crippen molar-refractivity contribution < 1.29 is 18.8 Å². The number of carbonyl (C=O) groups is 3. The smallest absolute Gasteiger partial charge is 0.334 e. The highest BCUT2D eigenvalue weighted by molar-refractivity contribution is 5.91. The maximum atomic E-state index is 13.5. The number of fused-ring (bicyclic) bond motifs is 1. The minimum absolute atomic E-state index is 0.0151. The number of rotatable bonds is 9. The lowest BCUT2D eigenvalue weighted by Gasteiger charge is -2.55. The molecule has 2 aliphatic heterocycles. The molecule has 9 nitrogen and oxygen atoms in total. The average molecular weight is 477 g/mol. The summed E-state index contributed by atoms with van der Waals surface area (Å²) < 4.78 is 13.2. The van der Waals surface area contributed by atoms with Crippen LogP contribution in [0.25, 0.3) is 0 Å². The Labute approximate surface area is 201 Å². The van der Waals surface area contributed by atoms with Gasteiger partial charge in [0.2, 0.25) is 11.8 Å². The van der Waals surface area contributed by atoms with Crippen molar-refractivity contribution in [3.8, 4) is 0 Å². The number of likely N-dealkylation sites (N-methyl/N-ethyl adjacent to an activating group) is 1. The molecule has 1 aromatic rings. The van der Waals surface area contributed by atoms with E-state index in [1.54, 1.807) is 34.1 Å². The van der Waals surface area contributed by atoms with E-state index in [1.807, 2.05) is 11.9 Å². The molecule has 1 unspecified atom stereocenters. The van der Waals surface area contributed by atoms with Crippen molar-refractivity contribution in [3.63, 3.8) is 0 Å². The molecule has 0 aromatic heterocycles. The molecule has 2 atom stereocenters. The van der Waals surface area contributed by atoms with Crippen molar-refractivity contribution in [1.29, 1.82) is 0 Å². The van der Waals surface area contributed by atoms with E-state index in [4.69, 9.17) is 0 Å². The summed E-state index contributed by atoms with van der Waals surface area (Å²) >= 11 is 0. The Balaban J connectivity index is 1.86. The molecule has 2 N–H and O–H groups in total. The molecule has 3 rings (SSSR count). The molecular weight excluding hydrogens is 439 g/mol. The van der Waals surface area contributed by atoms with Gasteiger partial charge in [-0.05, 0) is 57.0 Å². The highest BCUT2D eigenvalue weighted by Gasteiger charge is 2.51. The van der Waals surface area contributed by atoms with Crippen LogP contribution < -0.4 is 10.6 Å². The van der Waals surface area contributed by atoms with Gasteiger partial charge in [0, 0.05) is 19.6 Å². The molecule has 0 bridgehead atoms. The number of benzene rings is 1. The summed E-state index contributed by atoms with van der Waals surface area (Å²) in [5.74, 6) is -0.523. The van der Waals surface area contributed by atoms with Gasteiger partial charge >= 0.3 is 6.03 Å². The van der Waals surface area contributed by atoms with E-state index in [0.29, 0.717) is 6.42 Å². The number of hydrogen-bond donors (Lipinski definition) is 2. The Kier molecular flexibility index (Phi) is 8.84. The third kappa shape index (κ3) is 5.50. The third-order valence-electron chi connectivity index (χ3n) is 6.74. The van der Waals surface area contributed by atoms with Crippen LogP contribution in [0.3, 0.4) is 0 Å². The molecule has 2 fully saturated rings. The maximum absolute atomic E-state index is 13.5. The standard InChI is InChI=1S/C24H37FN6O3/c1-5-19(6-2)29-15-21-30(20(23(29)33)8-7-13-26-3)22(32)16-28(4)31(21)24(34)27-14-17-9-11-18(25)12-10-17/h9-12,19-21,26H,5-8,13-16H2,1-4H3,(H,27,34)/t20-,21?/m0/s1. The Hall–Kier alpha value is -2.72. The number of hydrazine groups is 1. The van der Waals surface area contributed by atoms with Crippen LogP contribution in [0.2, 0.25) is 0 Å². The number of hydrogen-bond acceptors (Lipinski definition) is 5. The molecule has 2 aliphatic rings. The summed E-state index contributed by atoms with van der Waals surface area (Å²) in [6.45, 7) is 5.35. The maximum Gasteiger partial charge on any atom is 0.334 e. The van der Waals surface area contributed by atoms with Crippen LogP contribution in [0, 0.1) is 5.82 Å². The first-order chi connectivity index (χ1) is 16.3. The Morgan fingerprint density at radius 2 is 1.85 bits per heavy atom. The molecule has 0 aliphatic carbocycles. The highest BCUT2D eigenvalue weighted by Crippen LogP contribution is 2.30. The molecule has 1 aromatic carbocycles. The fourth-order valence-electron chi connectivity index (χ4n) is 4.93. The van der Waals surface area contributed by atoms with Gasteiger partial charge in [-0.15, -0.1) is 0 Å². The second-order valence-electron chi connectivity index (χ2n) is 8.95. The normalized spacial score (nSPS) is 21.3. The molecule has 188 valence electrons. The number of carbonyl (C=O) groups excluding carboxylic acids is 3. The van der Waals surface area contributed by atoms with Gasteiger partial charge in [0.25, 0.3) is 0 Å². The van der Waals surface area contributed by atoms with Gasteiger partial charge in [0.1, 0.15) is 18.0 Å². The number of nitrogens with zero attached hydrogens (tertiary/aromatic N) is 4. The van der Waals surface area contributed by atoms with Gasteiger partial charge in [0.05, 0.1) is 13.1 Å². The van der Waals surface area contributed by atoms with Crippen molar-refractivity contribution >= 4 is 17.8 Å². The lowest BCUT2D eigenvalue weighted by Crippen LogP contribution is -2.76. The summed E-state index contributed by atoms with van der Waals surface area (Å²) in [5.41, 5.74) is 0.768. The van der Waals surface area contributed by atoms with Crippen molar-refractivity contribution in [2.24, 2.45) is 0 Å². The molecule has 2 heterocycles. The van der Waals surface area contributed by atoms with E-state index in [9.17, 15) is 18.8 Å². The van der Waals surface area contributed by atoms with Crippen molar-refractivity contribution in [2.75, 3.05) is 33.7 Å². The van der Waals surface area contributed by atoms with Crippen LogP contribution >= 0.6 is 0 Å². The third-order valence-corrected chi connectivity index (χ3v) is 6.74. The zero-order valence-corrected chi connectivity index (χ0v) is 20.6. The number of amides is 4. The number of urea groups is 1. The zero-order chi connectivity index (χ0) is 24.8. The number of halogens is 1. The molecule has 34 heavy (non-hydrogen) atoms. The quantitative estimate of drug-likeness (QED) is 0.531. The Morgan fingerprint density at radius 1 is 1.18 bits per heavy atom. The van der Waals surface area contributed by atoms with Crippen LogP contribution in [-0.2, 0) is 16.1 Å². The fourth-order valence-corrected chi connectivity index (χ4v) is 4.93. The lowest BCUT2D eigenvalue weighted by atomic mass is 9.98. The predicted octanol–water partition coefficient (Wildman–Crippen LogP) is 1.75. The first-order valence-electron chi connectivity index (χ1n) is 12.1. The molecule has 0 spiro atoms. The van der Waals surface area contributed by atoms with Gasteiger partial charge in [0.15, 0.2) is 0 Å². The molecule has 4 amide bonds. The minimum Gasteiger partial charge on any atom is -0.334 e.